The summed E-state index contributed by atoms with van der Waals surface area (Å²) >= 11 is 0. The number of benzene rings is 2. The number of amides is 1. The summed E-state index contributed by atoms with van der Waals surface area (Å²) in [6.07, 6.45) is 0.698. The van der Waals surface area contributed by atoms with E-state index >= 15 is 0 Å². The van der Waals surface area contributed by atoms with E-state index in [9.17, 15) is 9.18 Å². The third-order valence-corrected chi connectivity index (χ3v) is 6.23. The van der Waals surface area contributed by atoms with Crippen LogP contribution in [0.2, 0.25) is 0 Å². The minimum absolute atomic E-state index is 0.0945. The molecule has 2 heterocycles. The number of carbonyl (C=O) groups excluding carboxylic acids is 1. The molecule has 0 unspecified atom stereocenters. The molecule has 0 aliphatic carbocycles. The molecule has 6 nitrogen and oxygen atoms in total. The maximum atomic E-state index is 13.8. The number of hydrogen-bond acceptors (Lipinski definition) is 5. The van der Waals surface area contributed by atoms with E-state index < -0.39 is 0 Å². The molecule has 33 heavy (non-hydrogen) atoms. The minimum atomic E-state index is -0.305. The normalized spacial score (nSPS) is 14.8. The third-order valence-electron chi connectivity index (χ3n) is 6.23. The van der Waals surface area contributed by atoms with Crippen LogP contribution in [-0.2, 0) is 17.8 Å². The maximum absolute atomic E-state index is 13.8. The van der Waals surface area contributed by atoms with Gasteiger partial charge in [-0.15, -0.1) is 0 Å². The fraction of sp³-hybridized carbons (Fsp3) is 0.423. The molecule has 0 bridgehead atoms. The third kappa shape index (κ3) is 5.85. The van der Waals surface area contributed by atoms with Crippen LogP contribution in [0.25, 0.3) is 11.4 Å². The van der Waals surface area contributed by atoms with Crippen molar-refractivity contribution in [3.8, 4) is 11.4 Å². The van der Waals surface area contributed by atoms with Crippen molar-refractivity contribution in [3.63, 3.8) is 0 Å². The lowest BCUT2D eigenvalue weighted by Gasteiger charge is -2.34. The van der Waals surface area contributed by atoms with Crippen LogP contribution in [-0.4, -0.2) is 52.0 Å². The molecule has 3 aromatic rings. The Morgan fingerprint density at radius 2 is 1.82 bits per heavy atom. The summed E-state index contributed by atoms with van der Waals surface area (Å²) in [5.74, 6) is 1.06. The first kappa shape index (κ1) is 23.1. The zero-order valence-corrected chi connectivity index (χ0v) is 19.6. The summed E-state index contributed by atoms with van der Waals surface area (Å²) in [5.41, 5.74) is 3.79. The van der Waals surface area contributed by atoms with Crippen molar-refractivity contribution in [2.24, 2.45) is 0 Å². The van der Waals surface area contributed by atoms with Crippen LogP contribution in [0.3, 0.4) is 0 Å². The predicted molar refractivity (Wildman–Crippen MR) is 125 cm³/mol. The van der Waals surface area contributed by atoms with Crippen LogP contribution in [0.15, 0.2) is 47.0 Å². The Morgan fingerprint density at radius 3 is 2.48 bits per heavy atom. The molecule has 1 amide bonds. The number of carbonyl (C=O) groups is 1. The van der Waals surface area contributed by atoms with Gasteiger partial charge in [0.05, 0.1) is 0 Å². The van der Waals surface area contributed by atoms with Gasteiger partial charge in [-0.05, 0) is 35.6 Å². The molecule has 1 aliphatic rings. The topological polar surface area (TPSA) is 62.5 Å². The number of piperazine rings is 1. The number of aromatic nitrogens is 2. The number of hydrogen-bond donors (Lipinski definition) is 0. The lowest BCUT2D eigenvalue weighted by Crippen LogP contribution is -2.48. The van der Waals surface area contributed by atoms with Gasteiger partial charge in [0.15, 0.2) is 0 Å². The molecule has 7 heteroatoms. The van der Waals surface area contributed by atoms with Crippen molar-refractivity contribution in [1.29, 1.82) is 0 Å². The van der Waals surface area contributed by atoms with E-state index in [1.54, 1.807) is 19.1 Å². The molecule has 0 saturated carbocycles. The molecule has 4 rings (SSSR count). The Balaban J connectivity index is 1.23. The van der Waals surface area contributed by atoms with Gasteiger partial charge in [-0.3, -0.25) is 9.69 Å². The van der Waals surface area contributed by atoms with E-state index in [2.05, 4.69) is 53.2 Å². The zero-order chi connectivity index (χ0) is 23.4. The van der Waals surface area contributed by atoms with Gasteiger partial charge in [0.25, 0.3) is 0 Å². The second kappa shape index (κ2) is 10.3. The zero-order valence-electron chi connectivity index (χ0n) is 19.6. The molecule has 1 aromatic heterocycles. The first-order chi connectivity index (χ1) is 15.9. The van der Waals surface area contributed by atoms with Crippen molar-refractivity contribution in [3.05, 3.63) is 70.9 Å². The molecule has 1 saturated heterocycles. The highest BCUT2D eigenvalue weighted by molar-refractivity contribution is 5.76. The van der Waals surface area contributed by atoms with Gasteiger partial charge in [-0.2, -0.15) is 4.98 Å². The van der Waals surface area contributed by atoms with E-state index in [0.717, 1.165) is 32.7 Å². The van der Waals surface area contributed by atoms with E-state index in [1.807, 2.05) is 4.90 Å². The van der Waals surface area contributed by atoms with Gasteiger partial charge in [-0.1, -0.05) is 55.4 Å². The maximum Gasteiger partial charge on any atom is 0.227 e. The molecule has 174 valence electrons. The molecule has 2 aromatic carbocycles. The molecular formula is C26H31FN4O2. The number of nitrogens with zero attached hydrogens (tertiary/aromatic N) is 4. The van der Waals surface area contributed by atoms with Gasteiger partial charge in [0.1, 0.15) is 5.82 Å². The van der Waals surface area contributed by atoms with E-state index in [-0.39, 0.29) is 11.7 Å². The SMILES string of the molecule is Cc1ccc(-c2noc(CCC(=O)N3CCN(Cc4ccc(C(C)C)cc4)CC3)n2)cc1F. The monoisotopic (exact) mass is 450 g/mol. The van der Waals surface area contributed by atoms with Gasteiger partial charge in [0.2, 0.25) is 17.6 Å². The first-order valence-electron chi connectivity index (χ1n) is 11.6. The highest BCUT2D eigenvalue weighted by Gasteiger charge is 2.22. The second-order valence-corrected chi connectivity index (χ2v) is 9.03. The van der Waals surface area contributed by atoms with Crippen LogP contribution in [0.1, 0.15) is 48.8 Å². The molecule has 1 aliphatic heterocycles. The largest absolute Gasteiger partial charge is 0.340 e. The van der Waals surface area contributed by atoms with Crippen LogP contribution in [0, 0.1) is 12.7 Å². The lowest BCUT2D eigenvalue weighted by molar-refractivity contribution is -0.133. The lowest BCUT2D eigenvalue weighted by atomic mass is 10.0. The Morgan fingerprint density at radius 1 is 1.09 bits per heavy atom. The average Bonchev–Trinajstić information content (AvgIpc) is 3.29. The Bertz CT molecular complexity index is 1090. The average molecular weight is 451 g/mol. The summed E-state index contributed by atoms with van der Waals surface area (Å²) in [6, 6.07) is 13.7. The van der Waals surface area contributed by atoms with E-state index in [1.165, 1.54) is 17.2 Å². The van der Waals surface area contributed by atoms with E-state index in [4.69, 9.17) is 4.52 Å². The van der Waals surface area contributed by atoms with Gasteiger partial charge in [-0.25, -0.2) is 4.39 Å². The van der Waals surface area contributed by atoms with Crippen LogP contribution >= 0.6 is 0 Å². The van der Waals surface area contributed by atoms with Crippen molar-refractivity contribution in [1.82, 2.24) is 19.9 Å². The summed E-state index contributed by atoms with van der Waals surface area (Å²) < 4.78 is 19.1. The fourth-order valence-electron chi connectivity index (χ4n) is 4.00. The van der Waals surface area contributed by atoms with Crippen LogP contribution in [0.4, 0.5) is 4.39 Å². The number of rotatable bonds is 7. The minimum Gasteiger partial charge on any atom is -0.340 e. The Hall–Kier alpha value is -3.06. The highest BCUT2D eigenvalue weighted by Crippen LogP contribution is 2.20. The molecule has 0 atom stereocenters. The molecular weight excluding hydrogens is 419 g/mol. The summed E-state index contributed by atoms with van der Waals surface area (Å²) in [6.45, 7) is 10.2. The molecule has 0 spiro atoms. The smallest absolute Gasteiger partial charge is 0.227 e. The quantitative estimate of drug-likeness (QED) is 0.527. The predicted octanol–water partition coefficient (Wildman–Crippen LogP) is 4.58. The highest BCUT2D eigenvalue weighted by atomic mass is 19.1. The molecule has 1 fully saturated rings. The standard InChI is InChI=1S/C26H31FN4O2/c1-18(2)21-8-5-20(6-9-21)17-30-12-14-31(15-13-30)25(32)11-10-24-28-26(29-33-24)22-7-4-19(3)23(27)16-22/h4-9,16,18H,10-15,17H2,1-3H3. The van der Waals surface area contributed by atoms with Crippen molar-refractivity contribution in [2.45, 2.75) is 46.1 Å². The fourth-order valence-corrected chi connectivity index (χ4v) is 4.00. The van der Waals surface area contributed by atoms with Crippen molar-refractivity contribution in [2.75, 3.05) is 26.2 Å². The van der Waals surface area contributed by atoms with Crippen LogP contribution in [0.5, 0.6) is 0 Å². The van der Waals surface area contributed by atoms with Crippen molar-refractivity contribution < 1.29 is 13.7 Å². The number of aryl methyl sites for hydroxylation is 2. The molecule has 0 radical (unpaired) electrons. The van der Waals surface area contributed by atoms with Crippen LogP contribution < -0.4 is 0 Å². The summed E-state index contributed by atoms with van der Waals surface area (Å²) in [4.78, 5) is 21.3. The Labute approximate surface area is 194 Å². The molecule has 0 N–H and O–H groups in total. The number of halogens is 1. The van der Waals surface area contributed by atoms with Gasteiger partial charge >= 0.3 is 0 Å². The van der Waals surface area contributed by atoms with E-state index in [0.29, 0.717) is 41.6 Å². The van der Waals surface area contributed by atoms with Gasteiger partial charge in [0, 0.05) is 51.1 Å². The summed E-state index contributed by atoms with van der Waals surface area (Å²) in [5, 5.41) is 3.93. The summed E-state index contributed by atoms with van der Waals surface area (Å²) in [7, 11) is 0. The first-order valence-corrected chi connectivity index (χ1v) is 11.6. The van der Waals surface area contributed by atoms with Gasteiger partial charge < -0.3 is 9.42 Å². The Kier molecular flexibility index (Phi) is 7.18. The second-order valence-electron chi connectivity index (χ2n) is 9.03. The van der Waals surface area contributed by atoms with Crippen molar-refractivity contribution >= 4 is 5.91 Å².